The predicted octanol–water partition coefficient (Wildman–Crippen LogP) is 2.11. The van der Waals surface area contributed by atoms with Gasteiger partial charge in [-0.3, -0.25) is 9.29 Å². The second-order valence-electron chi connectivity index (χ2n) is 5.23. The van der Waals surface area contributed by atoms with E-state index < -0.39 is 10.0 Å². The summed E-state index contributed by atoms with van der Waals surface area (Å²) in [7, 11) is -3.58. The molecule has 0 amide bonds. The SMILES string of the molecule is Cc1cccc(S(=O)(=O)N2CCCc3ncc(N)cc32)c1. The van der Waals surface area contributed by atoms with Crippen LogP contribution in [0.1, 0.15) is 17.7 Å². The van der Waals surface area contributed by atoms with Crippen molar-refractivity contribution >= 4 is 21.4 Å². The van der Waals surface area contributed by atoms with Gasteiger partial charge in [0.15, 0.2) is 0 Å². The van der Waals surface area contributed by atoms with E-state index >= 15 is 0 Å². The Morgan fingerprint density at radius 3 is 2.86 bits per heavy atom. The first-order valence-corrected chi connectivity index (χ1v) is 8.26. The molecule has 1 aliphatic heterocycles. The first kappa shape index (κ1) is 13.9. The fourth-order valence-electron chi connectivity index (χ4n) is 2.57. The van der Waals surface area contributed by atoms with E-state index in [0.29, 0.717) is 22.8 Å². The van der Waals surface area contributed by atoms with Crippen LogP contribution < -0.4 is 10.0 Å². The van der Waals surface area contributed by atoms with Gasteiger partial charge in [0.25, 0.3) is 10.0 Å². The lowest BCUT2D eigenvalue weighted by molar-refractivity contribution is 0.585. The molecule has 0 spiro atoms. The van der Waals surface area contributed by atoms with E-state index in [9.17, 15) is 8.42 Å². The third-order valence-electron chi connectivity index (χ3n) is 3.59. The molecule has 110 valence electrons. The van der Waals surface area contributed by atoms with Gasteiger partial charge in [-0.15, -0.1) is 0 Å². The molecule has 21 heavy (non-hydrogen) atoms. The zero-order valence-electron chi connectivity index (χ0n) is 11.8. The average molecular weight is 303 g/mol. The number of aryl methyl sites for hydroxylation is 2. The largest absolute Gasteiger partial charge is 0.397 e. The standard InChI is InChI=1S/C15H17N3O2S/c1-11-4-2-5-13(8-11)21(19,20)18-7-3-6-14-15(18)9-12(16)10-17-14/h2,4-5,8-10H,3,6-7,16H2,1H3. The summed E-state index contributed by atoms with van der Waals surface area (Å²) in [5.41, 5.74) is 8.54. The highest BCUT2D eigenvalue weighted by atomic mass is 32.2. The van der Waals surface area contributed by atoms with Gasteiger partial charge in [-0.25, -0.2) is 8.42 Å². The molecule has 0 atom stereocenters. The van der Waals surface area contributed by atoms with Crippen LogP contribution in [0.4, 0.5) is 11.4 Å². The first-order chi connectivity index (χ1) is 9.98. The van der Waals surface area contributed by atoms with Crippen LogP contribution in [0.25, 0.3) is 0 Å². The molecule has 2 aromatic rings. The number of sulfonamides is 1. The van der Waals surface area contributed by atoms with Gasteiger partial charge in [0.2, 0.25) is 0 Å². The van der Waals surface area contributed by atoms with Gasteiger partial charge < -0.3 is 5.73 Å². The quantitative estimate of drug-likeness (QED) is 0.922. The molecule has 0 aliphatic carbocycles. The van der Waals surface area contributed by atoms with Crippen molar-refractivity contribution in [3.8, 4) is 0 Å². The summed E-state index contributed by atoms with van der Waals surface area (Å²) in [6.45, 7) is 2.33. The van der Waals surface area contributed by atoms with Crippen LogP contribution in [0.2, 0.25) is 0 Å². The molecule has 5 nitrogen and oxygen atoms in total. The minimum Gasteiger partial charge on any atom is -0.397 e. The predicted molar refractivity (Wildman–Crippen MR) is 82.7 cm³/mol. The van der Waals surface area contributed by atoms with Gasteiger partial charge in [-0.1, -0.05) is 12.1 Å². The summed E-state index contributed by atoms with van der Waals surface area (Å²) in [6.07, 6.45) is 3.10. The van der Waals surface area contributed by atoms with Crippen LogP contribution in [0, 0.1) is 6.92 Å². The van der Waals surface area contributed by atoms with Crippen molar-refractivity contribution in [2.45, 2.75) is 24.7 Å². The van der Waals surface area contributed by atoms with E-state index in [1.165, 1.54) is 4.31 Å². The van der Waals surface area contributed by atoms with Gasteiger partial charge in [0, 0.05) is 6.54 Å². The third kappa shape index (κ3) is 2.47. The minimum absolute atomic E-state index is 0.303. The van der Waals surface area contributed by atoms with Crippen molar-refractivity contribution in [3.05, 3.63) is 47.8 Å². The van der Waals surface area contributed by atoms with E-state index in [1.807, 2.05) is 13.0 Å². The van der Waals surface area contributed by atoms with Crippen LogP contribution in [-0.4, -0.2) is 19.9 Å². The Balaban J connectivity index is 2.11. The number of nitrogen functional groups attached to an aromatic ring is 1. The molecular weight excluding hydrogens is 286 g/mol. The minimum atomic E-state index is -3.58. The van der Waals surface area contributed by atoms with E-state index in [4.69, 9.17) is 5.73 Å². The Morgan fingerprint density at radius 1 is 1.29 bits per heavy atom. The lowest BCUT2D eigenvalue weighted by Crippen LogP contribution is -2.36. The van der Waals surface area contributed by atoms with Crippen LogP contribution in [0.5, 0.6) is 0 Å². The van der Waals surface area contributed by atoms with Crippen molar-refractivity contribution in [1.29, 1.82) is 0 Å². The van der Waals surface area contributed by atoms with E-state index in [2.05, 4.69) is 4.98 Å². The number of anilines is 2. The van der Waals surface area contributed by atoms with Crippen LogP contribution in [0.3, 0.4) is 0 Å². The second kappa shape index (κ2) is 5.04. The molecule has 1 aromatic carbocycles. The lowest BCUT2D eigenvalue weighted by atomic mass is 10.1. The third-order valence-corrected chi connectivity index (χ3v) is 5.40. The molecule has 0 unspecified atom stereocenters. The highest BCUT2D eigenvalue weighted by molar-refractivity contribution is 7.92. The Bertz CT molecular complexity index is 787. The molecule has 6 heteroatoms. The summed E-state index contributed by atoms with van der Waals surface area (Å²) in [6, 6.07) is 8.63. The molecule has 0 radical (unpaired) electrons. The average Bonchev–Trinajstić information content (AvgIpc) is 2.46. The van der Waals surface area contributed by atoms with E-state index in [0.717, 1.165) is 24.1 Å². The molecule has 1 aliphatic rings. The van der Waals surface area contributed by atoms with Crippen molar-refractivity contribution in [2.24, 2.45) is 0 Å². The number of fused-ring (bicyclic) bond motifs is 1. The zero-order valence-corrected chi connectivity index (χ0v) is 12.6. The molecule has 0 saturated carbocycles. The molecule has 0 bridgehead atoms. The topological polar surface area (TPSA) is 76.3 Å². The Labute approximate surface area is 124 Å². The highest BCUT2D eigenvalue weighted by Gasteiger charge is 2.29. The van der Waals surface area contributed by atoms with Gasteiger partial charge in [-0.2, -0.15) is 0 Å². The number of hydrogen-bond donors (Lipinski definition) is 1. The lowest BCUT2D eigenvalue weighted by Gasteiger charge is -2.30. The molecular formula is C15H17N3O2S. The van der Waals surface area contributed by atoms with Gasteiger partial charge >= 0.3 is 0 Å². The van der Waals surface area contributed by atoms with E-state index in [1.54, 1.807) is 30.5 Å². The molecule has 0 fully saturated rings. The van der Waals surface area contributed by atoms with E-state index in [-0.39, 0.29) is 0 Å². The maximum Gasteiger partial charge on any atom is 0.264 e. The van der Waals surface area contributed by atoms with Crippen LogP contribution >= 0.6 is 0 Å². The first-order valence-electron chi connectivity index (χ1n) is 6.82. The zero-order chi connectivity index (χ0) is 15.0. The number of nitrogens with zero attached hydrogens (tertiary/aromatic N) is 2. The summed E-state index contributed by atoms with van der Waals surface area (Å²) in [5.74, 6) is 0. The number of rotatable bonds is 2. The second-order valence-corrected chi connectivity index (χ2v) is 7.09. The maximum absolute atomic E-state index is 12.9. The Hall–Kier alpha value is -2.08. The van der Waals surface area contributed by atoms with Crippen molar-refractivity contribution in [1.82, 2.24) is 4.98 Å². The monoisotopic (exact) mass is 303 g/mol. The van der Waals surface area contributed by atoms with Crippen LogP contribution in [-0.2, 0) is 16.4 Å². The van der Waals surface area contributed by atoms with Gasteiger partial charge in [0.1, 0.15) is 0 Å². The van der Waals surface area contributed by atoms with Crippen molar-refractivity contribution in [3.63, 3.8) is 0 Å². The molecule has 2 heterocycles. The summed E-state index contributed by atoms with van der Waals surface area (Å²) in [5, 5.41) is 0. The number of aromatic nitrogens is 1. The summed E-state index contributed by atoms with van der Waals surface area (Å²) >= 11 is 0. The van der Waals surface area contributed by atoms with Crippen molar-refractivity contribution in [2.75, 3.05) is 16.6 Å². The normalized spacial score (nSPS) is 14.8. The Morgan fingerprint density at radius 2 is 2.10 bits per heavy atom. The molecule has 3 rings (SSSR count). The molecule has 1 aromatic heterocycles. The number of pyridine rings is 1. The van der Waals surface area contributed by atoms with Crippen molar-refractivity contribution < 1.29 is 8.42 Å². The number of benzene rings is 1. The number of nitrogens with two attached hydrogens (primary N) is 1. The van der Waals surface area contributed by atoms with Crippen LogP contribution in [0.15, 0.2) is 41.4 Å². The van der Waals surface area contributed by atoms with Gasteiger partial charge in [-0.05, 0) is 43.5 Å². The van der Waals surface area contributed by atoms with Gasteiger partial charge in [0.05, 0.1) is 28.2 Å². The summed E-state index contributed by atoms with van der Waals surface area (Å²) < 4.78 is 27.2. The Kier molecular flexibility index (Phi) is 3.33. The molecule has 0 saturated heterocycles. The smallest absolute Gasteiger partial charge is 0.264 e. The fraction of sp³-hybridized carbons (Fsp3) is 0.267. The number of hydrogen-bond acceptors (Lipinski definition) is 4. The fourth-order valence-corrected chi connectivity index (χ4v) is 4.20. The maximum atomic E-state index is 12.9. The molecule has 2 N–H and O–H groups in total. The summed E-state index contributed by atoms with van der Waals surface area (Å²) in [4.78, 5) is 4.57. The highest BCUT2D eigenvalue weighted by Crippen LogP contribution is 2.32.